The van der Waals surface area contributed by atoms with Crippen molar-refractivity contribution in [2.75, 3.05) is 4.90 Å². The first-order chi connectivity index (χ1) is 33.7. The lowest BCUT2D eigenvalue weighted by molar-refractivity contribution is 1.02. The fourth-order valence-corrected chi connectivity index (χ4v) is 9.27. The number of rotatable bonds is 10. The summed E-state index contributed by atoms with van der Waals surface area (Å²) < 4.78 is 2.39. The fraction of sp³-hybridized carbons (Fsp3) is 0. The minimum absolute atomic E-state index is 0.511. The zero-order chi connectivity index (χ0) is 45.2. The Morgan fingerprint density at radius 1 is 0.265 bits per heavy atom. The highest BCUT2D eigenvalue weighted by Crippen LogP contribution is 2.41. The molecule has 0 saturated carbocycles. The molecule has 68 heavy (non-hydrogen) atoms. The minimum Gasteiger partial charge on any atom is -0.309 e. The van der Waals surface area contributed by atoms with Crippen molar-refractivity contribution in [3.63, 3.8) is 0 Å². The summed E-state index contributed by atoms with van der Waals surface area (Å²) in [5.41, 5.74) is 16.2. The SMILES string of the molecule is c1ccc(-c2ccc(-c3cccc(N(c4ccc5c6ccccc6n(-c6cccc(-c7ccc(-c8ccccc8)cc7)c6)c5c4)c4nc(-c5ccccc5)nc(-c5ccccc5)n4)c3)cc2)cc1. The molecule has 320 valence electrons. The number of benzene rings is 10. The maximum atomic E-state index is 5.30. The van der Waals surface area contributed by atoms with Gasteiger partial charge in [-0.2, -0.15) is 9.97 Å². The van der Waals surface area contributed by atoms with Gasteiger partial charge >= 0.3 is 0 Å². The van der Waals surface area contributed by atoms with Gasteiger partial charge in [-0.15, -0.1) is 0 Å². The molecular weight excluding hydrogens is 827 g/mol. The average molecular weight is 870 g/mol. The van der Waals surface area contributed by atoms with Gasteiger partial charge < -0.3 is 4.57 Å². The van der Waals surface area contributed by atoms with Gasteiger partial charge in [0.15, 0.2) is 11.6 Å². The Morgan fingerprint density at radius 2 is 0.676 bits per heavy atom. The molecule has 10 aromatic carbocycles. The second-order valence-corrected chi connectivity index (χ2v) is 16.9. The van der Waals surface area contributed by atoms with Gasteiger partial charge in [0.05, 0.1) is 16.7 Å². The number of anilines is 3. The van der Waals surface area contributed by atoms with Crippen molar-refractivity contribution in [2.45, 2.75) is 0 Å². The number of aromatic nitrogens is 4. The average Bonchev–Trinajstić information content (AvgIpc) is 3.76. The van der Waals surface area contributed by atoms with E-state index in [1.54, 1.807) is 0 Å². The summed E-state index contributed by atoms with van der Waals surface area (Å²) in [5.74, 6) is 1.70. The molecule has 0 aliphatic heterocycles. The molecule has 0 amide bonds. The molecule has 0 unspecified atom stereocenters. The smallest absolute Gasteiger partial charge is 0.238 e. The Balaban J connectivity index is 1.03. The zero-order valence-corrected chi connectivity index (χ0v) is 37.1. The van der Waals surface area contributed by atoms with Crippen LogP contribution in [0.25, 0.3) is 94.8 Å². The Hall–Kier alpha value is -9.19. The van der Waals surface area contributed by atoms with Crippen molar-refractivity contribution in [1.29, 1.82) is 0 Å². The molecular formula is C63H43N5. The van der Waals surface area contributed by atoms with E-state index in [1.165, 1.54) is 27.6 Å². The van der Waals surface area contributed by atoms with Crippen LogP contribution in [-0.2, 0) is 0 Å². The fourth-order valence-electron chi connectivity index (χ4n) is 9.27. The van der Waals surface area contributed by atoms with Crippen molar-refractivity contribution >= 4 is 39.1 Å². The maximum absolute atomic E-state index is 5.30. The summed E-state index contributed by atoms with van der Waals surface area (Å²) in [6.45, 7) is 0. The van der Waals surface area contributed by atoms with Crippen LogP contribution in [0.2, 0.25) is 0 Å². The van der Waals surface area contributed by atoms with Crippen molar-refractivity contribution < 1.29 is 0 Å². The number of hydrogen-bond acceptors (Lipinski definition) is 4. The molecule has 0 spiro atoms. The van der Waals surface area contributed by atoms with Crippen LogP contribution in [0.5, 0.6) is 0 Å². The number of hydrogen-bond donors (Lipinski definition) is 0. The molecule has 0 fully saturated rings. The van der Waals surface area contributed by atoms with Crippen LogP contribution in [0.3, 0.4) is 0 Å². The third-order valence-electron chi connectivity index (χ3n) is 12.7. The second-order valence-electron chi connectivity index (χ2n) is 16.9. The van der Waals surface area contributed by atoms with Crippen LogP contribution in [-0.4, -0.2) is 19.5 Å². The van der Waals surface area contributed by atoms with Crippen LogP contribution in [0.1, 0.15) is 0 Å². The molecule has 5 heteroatoms. The van der Waals surface area contributed by atoms with Gasteiger partial charge in [0.1, 0.15) is 0 Å². The molecule has 2 heterocycles. The summed E-state index contributed by atoms with van der Waals surface area (Å²) in [4.78, 5) is 17.9. The minimum atomic E-state index is 0.511. The normalized spacial score (nSPS) is 11.2. The van der Waals surface area contributed by atoms with Gasteiger partial charge in [0.2, 0.25) is 5.95 Å². The van der Waals surface area contributed by atoms with Crippen molar-refractivity contribution in [3.8, 4) is 73.0 Å². The first-order valence-electron chi connectivity index (χ1n) is 22.9. The molecule has 0 aliphatic carbocycles. The summed E-state index contributed by atoms with van der Waals surface area (Å²) >= 11 is 0. The number of nitrogens with zero attached hydrogens (tertiary/aromatic N) is 5. The standard InChI is InChI=1S/C63H43N5/c1-5-17-44(18-6-1)46-31-35-48(36-32-46)52-25-15-27-54(41-52)67(63-65-61(50-21-9-3-10-22-50)64-62(66-63)51-23-11-4-12-24-51)56-39-40-58-57-29-13-14-30-59(57)68(60(58)43-56)55-28-16-26-53(42-55)49-37-33-47(34-38-49)45-19-7-2-8-20-45/h1-43H. The van der Waals surface area contributed by atoms with Gasteiger partial charge in [0, 0.05) is 33.3 Å². The second kappa shape index (κ2) is 17.7. The maximum Gasteiger partial charge on any atom is 0.238 e. The monoisotopic (exact) mass is 869 g/mol. The lowest BCUT2D eigenvalue weighted by Gasteiger charge is -2.25. The lowest BCUT2D eigenvalue weighted by Crippen LogP contribution is -2.15. The number of para-hydroxylation sites is 1. The van der Waals surface area contributed by atoms with Crippen LogP contribution >= 0.6 is 0 Å². The van der Waals surface area contributed by atoms with E-state index in [2.05, 4.69) is 210 Å². The first kappa shape index (κ1) is 40.3. The first-order valence-corrected chi connectivity index (χ1v) is 22.9. The molecule has 12 aromatic rings. The predicted molar refractivity (Wildman–Crippen MR) is 281 cm³/mol. The third kappa shape index (κ3) is 7.78. The third-order valence-corrected chi connectivity index (χ3v) is 12.7. The molecule has 0 aliphatic rings. The van der Waals surface area contributed by atoms with Crippen molar-refractivity contribution in [3.05, 3.63) is 261 Å². The van der Waals surface area contributed by atoms with Crippen LogP contribution in [0, 0.1) is 0 Å². The summed E-state index contributed by atoms with van der Waals surface area (Å²) in [7, 11) is 0. The quantitative estimate of drug-likeness (QED) is 0.137. The molecule has 0 atom stereocenters. The van der Waals surface area contributed by atoms with E-state index in [4.69, 9.17) is 15.0 Å². The highest BCUT2D eigenvalue weighted by molar-refractivity contribution is 6.10. The van der Waals surface area contributed by atoms with Crippen molar-refractivity contribution in [1.82, 2.24) is 19.5 Å². The lowest BCUT2D eigenvalue weighted by atomic mass is 10.00. The Bertz CT molecular complexity index is 3640. The molecule has 0 radical (unpaired) electrons. The summed E-state index contributed by atoms with van der Waals surface area (Å²) in [6.07, 6.45) is 0. The summed E-state index contributed by atoms with van der Waals surface area (Å²) in [5, 5.41) is 2.33. The van der Waals surface area contributed by atoms with Gasteiger partial charge in [-0.1, -0.05) is 218 Å². The van der Waals surface area contributed by atoms with Crippen molar-refractivity contribution in [2.24, 2.45) is 0 Å². The molecule has 0 N–H and O–H groups in total. The van der Waals surface area contributed by atoms with Crippen LogP contribution in [0.4, 0.5) is 17.3 Å². The van der Waals surface area contributed by atoms with E-state index < -0.39 is 0 Å². The molecule has 5 nitrogen and oxygen atoms in total. The van der Waals surface area contributed by atoms with Gasteiger partial charge in [-0.3, -0.25) is 4.90 Å². The van der Waals surface area contributed by atoms with E-state index in [0.29, 0.717) is 17.6 Å². The Kier molecular flexibility index (Phi) is 10.5. The van der Waals surface area contributed by atoms with Gasteiger partial charge in [0.25, 0.3) is 0 Å². The zero-order valence-electron chi connectivity index (χ0n) is 37.1. The van der Waals surface area contributed by atoms with Gasteiger partial charge in [-0.05, 0) is 87.0 Å². The number of fused-ring (bicyclic) bond motifs is 3. The van der Waals surface area contributed by atoms with E-state index in [0.717, 1.165) is 66.9 Å². The molecule has 0 bridgehead atoms. The predicted octanol–water partition coefficient (Wildman–Crippen LogP) is 16.4. The summed E-state index contributed by atoms with van der Waals surface area (Å²) in [6, 6.07) is 91.9. The molecule has 2 aromatic heterocycles. The van der Waals surface area contributed by atoms with E-state index in [9.17, 15) is 0 Å². The largest absolute Gasteiger partial charge is 0.309 e. The van der Waals surface area contributed by atoms with Gasteiger partial charge in [-0.25, -0.2) is 4.98 Å². The topological polar surface area (TPSA) is 46.8 Å². The highest BCUT2D eigenvalue weighted by Gasteiger charge is 2.22. The van der Waals surface area contributed by atoms with E-state index in [-0.39, 0.29) is 0 Å². The Labute approximate surface area is 395 Å². The van der Waals surface area contributed by atoms with Crippen LogP contribution < -0.4 is 4.90 Å². The Morgan fingerprint density at radius 3 is 1.24 bits per heavy atom. The molecule has 0 saturated heterocycles. The van der Waals surface area contributed by atoms with E-state index in [1.807, 2.05) is 60.7 Å². The molecule has 12 rings (SSSR count). The van der Waals surface area contributed by atoms with Crippen LogP contribution in [0.15, 0.2) is 261 Å². The van der Waals surface area contributed by atoms with E-state index >= 15 is 0 Å². The highest BCUT2D eigenvalue weighted by atomic mass is 15.3.